The fraction of sp³-hybridized carbons (Fsp3) is 0.360. The van der Waals surface area contributed by atoms with Crippen molar-refractivity contribution >= 4 is 49.5 Å². The standard InChI is InChI=1S/C25H29N7O5S2/c1-4-17-12-32(5-6-37-17)13-23-28-22(14-38-23)24(33)29-19-7-15(8-20-18(19)11-27-30-20)16-9-21(31-39(3,34)35)25(36-2)26-10-16/h7-11,14,17,31H,4-6,12-13H2,1-3H3,(H,27,30)(H,29,33). The Morgan fingerprint density at radius 2 is 2.08 bits per heavy atom. The summed E-state index contributed by atoms with van der Waals surface area (Å²) in [6, 6.07) is 5.26. The maximum atomic E-state index is 13.2. The molecule has 0 aliphatic carbocycles. The van der Waals surface area contributed by atoms with Crippen molar-refractivity contribution in [1.82, 2.24) is 25.1 Å². The predicted molar refractivity (Wildman–Crippen MR) is 150 cm³/mol. The fourth-order valence-corrected chi connectivity index (χ4v) is 5.76. The number of ether oxygens (including phenoxy) is 2. The molecular formula is C25H29N7O5S2. The molecule has 1 aromatic carbocycles. The molecule has 1 fully saturated rings. The van der Waals surface area contributed by atoms with Gasteiger partial charge in [-0.2, -0.15) is 5.10 Å². The highest BCUT2D eigenvalue weighted by Crippen LogP contribution is 2.33. The van der Waals surface area contributed by atoms with Crippen molar-refractivity contribution in [1.29, 1.82) is 0 Å². The van der Waals surface area contributed by atoms with E-state index in [0.717, 1.165) is 36.2 Å². The minimum atomic E-state index is -3.56. The SMILES string of the molecule is CCC1CN(Cc2nc(C(=O)Nc3cc(-c4cnc(OC)c(NS(C)(=O)=O)c4)cc4[nH]ncc34)cs2)CCO1. The van der Waals surface area contributed by atoms with Crippen molar-refractivity contribution in [3.63, 3.8) is 0 Å². The number of aromatic nitrogens is 4. The molecule has 1 amide bonds. The number of benzene rings is 1. The van der Waals surface area contributed by atoms with Crippen LogP contribution in [0.1, 0.15) is 28.8 Å². The molecule has 3 N–H and O–H groups in total. The van der Waals surface area contributed by atoms with Gasteiger partial charge < -0.3 is 14.8 Å². The van der Waals surface area contributed by atoms with Crippen molar-refractivity contribution in [2.75, 3.05) is 43.1 Å². The molecule has 1 unspecified atom stereocenters. The van der Waals surface area contributed by atoms with Crippen LogP contribution in [0.15, 0.2) is 36.0 Å². The largest absolute Gasteiger partial charge is 0.480 e. The number of thiazole rings is 1. The van der Waals surface area contributed by atoms with Gasteiger partial charge in [-0.05, 0) is 30.2 Å². The summed E-state index contributed by atoms with van der Waals surface area (Å²) in [5, 5.41) is 13.4. The van der Waals surface area contributed by atoms with Crippen LogP contribution in [-0.2, 0) is 21.3 Å². The molecule has 1 aliphatic heterocycles. The Morgan fingerprint density at radius 1 is 1.26 bits per heavy atom. The van der Waals surface area contributed by atoms with Crippen molar-refractivity contribution < 1.29 is 22.7 Å². The monoisotopic (exact) mass is 571 g/mol. The molecule has 1 aliphatic rings. The summed E-state index contributed by atoms with van der Waals surface area (Å²) in [6.07, 6.45) is 5.44. The lowest BCUT2D eigenvalue weighted by Crippen LogP contribution is -2.41. The van der Waals surface area contributed by atoms with E-state index in [4.69, 9.17) is 9.47 Å². The molecule has 1 saturated heterocycles. The van der Waals surface area contributed by atoms with E-state index < -0.39 is 10.0 Å². The van der Waals surface area contributed by atoms with Gasteiger partial charge in [-0.1, -0.05) is 6.92 Å². The number of pyridine rings is 1. The average molecular weight is 572 g/mol. The number of aromatic amines is 1. The van der Waals surface area contributed by atoms with Crippen LogP contribution in [-0.4, -0.2) is 78.6 Å². The number of rotatable bonds is 9. The van der Waals surface area contributed by atoms with Gasteiger partial charge in [-0.15, -0.1) is 11.3 Å². The maximum absolute atomic E-state index is 13.2. The summed E-state index contributed by atoms with van der Waals surface area (Å²) in [4.78, 5) is 24.3. The molecule has 206 valence electrons. The maximum Gasteiger partial charge on any atom is 0.275 e. The number of H-pyrrole nitrogens is 1. The van der Waals surface area contributed by atoms with E-state index in [0.29, 0.717) is 41.2 Å². The van der Waals surface area contributed by atoms with E-state index >= 15 is 0 Å². The van der Waals surface area contributed by atoms with E-state index in [1.165, 1.54) is 18.4 Å². The molecule has 4 heterocycles. The number of morpholine rings is 1. The van der Waals surface area contributed by atoms with Crippen molar-refractivity contribution in [2.24, 2.45) is 0 Å². The highest BCUT2D eigenvalue weighted by atomic mass is 32.2. The first-order valence-electron chi connectivity index (χ1n) is 12.3. The fourth-order valence-electron chi connectivity index (χ4n) is 4.40. The number of nitrogens with zero attached hydrogens (tertiary/aromatic N) is 4. The van der Waals surface area contributed by atoms with Gasteiger partial charge in [0, 0.05) is 35.6 Å². The summed E-state index contributed by atoms with van der Waals surface area (Å²) in [7, 11) is -2.15. The minimum Gasteiger partial charge on any atom is -0.480 e. The normalized spacial score (nSPS) is 16.3. The van der Waals surface area contributed by atoms with Crippen molar-refractivity contribution in [3.8, 4) is 17.0 Å². The van der Waals surface area contributed by atoms with Gasteiger partial charge in [0.05, 0.1) is 50.0 Å². The third kappa shape index (κ3) is 6.36. The first-order chi connectivity index (χ1) is 18.7. The average Bonchev–Trinajstić information content (AvgIpc) is 3.58. The molecule has 0 spiro atoms. The Kier molecular flexibility index (Phi) is 7.79. The summed E-state index contributed by atoms with van der Waals surface area (Å²) < 4.78 is 37.0. The van der Waals surface area contributed by atoms with Crippen molar-refractivity contribution in [3.05, 3.63) is 46.7 Å². The highest BCUT2D eigenvalue weighted by molar-refractivity contribution is 7.92. The van der Waals surface area contributed by atoms with Crippen LogP contribution in [0.4, 0.5) is 11.4 Å². The second-order valence-electron chi connectivity index (χ2n) is 9.23. The summed E-state index contributed by atoms with van der Waals surface area (Å²) in [5.41, 5.74) is 3.05. The quantitative estimate of drug-likeness (QED) is 0.275. The third-order valence-corrected chi connectivity index (χ3v) is 7.73. The van der Waals surface area contributed by atoms with E-state index in [2.05, 4.69) is 42.0 Å². The number of fused-ring (bicyclic) bond motifs is 1. The molecule has 0 radical (unpaired) electrons. The minimum absolute atomic E-state index is 0.141. The van der Waals surface area contributed by atoms with E-state index in [9.17, 15) is 13.2 Å². The lowest BCUT2D eigenvalue weighted by Gasteiger charge is -2.31. The van der Waals surface area contributed by atoms with Gasteiger partial charge in [-0.25, -0.2) is 18.4 Å². The van der Waals surface area contributed by atoms with Crippen LogP contribution in [0.5, 0.6) is 5.88 Å². The Bertz CT molecular complexity index is 1600. The van der Waals surface area contributed by atoms with Crippen LogP contribution < -0.4 is 14.8 Å². The second-order valence-corrected chi connectivity index (χ2v) is 11.9. The lowest BCUT2D eigenvalue weighted by molar-refractivity contribution is -0.0324. The van der Waals surface area contributed by atoms with Crippen LogP contribution >= 0.6 is 11.3 Å². The van der Waals surface area contributed by atoms with Gasteiger partial charge in [0.25, 0.3) is 5.91 Å². The smallest absolute Gasteiger partial charge is 0.275 e. The first-order valence-corrected chi connectivity index (χ1v) is 15.1. The van der Waals surface area contributed by atoms with Gasteiger partial charge in [0.15, 0.2) is 0 Å². The molecule has 0 bridgehead atoms. The summed E-state index contributed by atoms with van der Waals surface area (Å²) in [5.74, 6) is -0.195. The summed E-state index contributed by atoms with van der Waals surface area (Å²) >= 11 is 1.46. The number of hydrogen-bond acceptors (Lipinski definition) is 10. The van der Waals surface area contributed by atoms with E-state index in [1.54, 1.807) is 29.9 Å². The van der Waals surface area contributed by atoms with Crippen LogP contribution in [0.25, 0.3) is 22.0 Å². The molecule has 12 nitrogen and oxygen atoms in total. The number of anilines is 2. The van der Waals surface area contributed by atoms with E-state index in [1.807, 2.05) is 6.07 Å². The Balaban J connectivity index is 1.38. The topological polar surface area (TPSA) is 151 Å². The zero-order valence-electron chi connectivity index (χ0n) is 21.7. The molecular weight excluding hydrogens is 542 g/mol. The number of carbonyl (C=O) groups excluding carboxylic acids is 1. The van der Waals surface area contributed by atoms with Crippen LogP contribution in [0.3, 0.4) is 0 Å². The molecule has 5 rings (SSSR count). The van der Waals surface area contributed by atoms with Gasteiger partial charge in [0.2, 0.25) is 15.9 Å². The Hall–Kier alpha value is -3.59. The van der Waals surface area contributed by atoms with Crippen molar-refractivity contribution in [2.45, 2.75) is 26.0 Å². The Morgan fingerprint density at radius 3 is 2.85 bits per heavy atom. The zero-order valence-corrected chi connectivity index (χ0v) is 23.4. The predicted octanol–water partition coefficient (Wildman–Crippen LogP) is 3.32. The number of sulfonamides is 1. The molecule has 39 heavy (non-hydrogen) atoms. The lowest BCUT2D eigenvalue weighted by atomic mass is 10.0. The van der Waals surface area contributed by atoms with E-state index in [-0.39, 0.29) is 23.6 Å². The highest BCUT2D eigenvalue weighted by Gasteiger charge is 2.21. The van der Waals surface area contributed by atoms with Crippen LogP contribution in [0.2, 0.25) is 0 Å². The number of carbonyl (C=O) groups is 1. The number of hydrogen-bond donors (Lipinski definition) is 3. The number of nitrogens with one attached hydrogen (secondary N) is 3. The molecule has 0 saturated carbocycles. The third-order valence-electron chi connectivity index (χ3n) is 6.30. The van der Waals surface area contributed by atoms with Gasteiger partial charge in [0.1, 0.15) is 16.4 Å². The summed E-state index contributed by atoms with van der Waals surface area (Å²) in [6.45, 7) is 5.18. The van der Waals surface area contributed by atoms with Gasteiger partial charge >= 0.3 is 0 Å². The molecule has 14 heteroatoms. The zero-order chi connectivity index (χ0) is 27.6. The molecule has 3 aromatic heterocycles. The molecule has 1 atom stereocenters. The number of methoxy groups -OCH3 is 1. The second kappa shape index (κ2) is 11.3. The number of amides is 1. The first kappa shape index (κ1) is 27.0. The van der Waals surface area contributed by atoms with Crippen LogP contribution in [0, 0.1) is 0 Å². The Labute approximate surface area is 229 Å². The van der Waals surface area contributed by atoms with Gasteiger partial charge in [-0.3, -0.25) is 19.5 Å². The molecule has 4 aromatic rings.